The molecule has 1 aliphatic rings. The predicted octanol–water partition coefficient (Wildman–Crippen LogP) is 1.89. The van der Waals surface area contributed by atoms with Crippen LogP contribution in [0.25, 0.3) is 0 Å². The maximum atomic E-state index is 10.8. The smallest absolute Gasteiger partial charge is 0.247 e. The zero-order valence-corrected chi connectivity index (χ0v) is 7.21. The number of pyridine rings is 1. The van der Waals surface area contributed by atoms with Crippen LogP contribution in [0.5, 0.6) is 0 Å². The van der Waals surface area contributed by atoms with Crippen LogP contribution in [0.15, 0.2) is 23.1 Å². The number of hydrogen-bond acceptors (Lipinski definition) is 1. The van der Waals surface area contributed by atoms with Crippen molar-refractivity contribution in [3.63, 3.8) is 0 Å². The summed E-state index contributed by atoms with van der Waals surface area (Å²) in [6, 6.07) is 3.54. The van der Waals surface area contributed by atoms with Gasteiger partial charge >= 0.3 is 0 Å². The van der Waals surface area contributed by atoms with Crippen LogP contribution in [0.1, 0.15) is 31.2 Å². The van der Waals surface area contributed by atoms with Gasteiger partial charge in [0.05, 0.1) is 0 Å². The molecule has 1 fully saturated rings. The quantitative estimate of drug-likeness (QED) is 0.709. The van der Waals surface area contributed by atoms with E-state index in [1.54, 1.807) is 6.07 Å². The van der Waals surface area contributed by atoms with E-state index in [1.165, 1.54) is 18.4 Å². The van der Waals surface area contributed by atoms with E-state index < -0.39 is 0 Å². The molecule has 0 aromatic carbocycles. The normalized spacial score (nSPS) is 19.1. The van der Waals surface area contributed by atoms with Crippen molar-refractivity contribution in [2.45, 2.75) is 25.7 Å². The van der Waals surface area contributed by atoms with Gasteiger partial charge in [-0.2, -0.15) is 0 Å². The summed E-state index contributed by atoms with van der Waals surface area (Å²) in [5.74, 6) is 1.47. The molecule has 2 nitrogen and oxygen atoms in total. The topological polar surface area (TPSA) is 32.9 Å². The number of H-pyrrole nitrogens is 1. The number of aromatic nitrogens is 1. The summed E-state index contributed by atoms with van der Waals surface area (Å²) in [6.07, 6.45) is 4.53. The Labute approximate surface area is 71.6 Å². The van der Waals surface area contributed by atoms with Gasteiger partial charge in [0.25, 0.3) is 0 Å². The fraction of sp³-hybridized carbons (Fsp3) is 0.500. The second kappa shape index (κ2) is 2.77. The van der Waals surface area contributed by atoms with E-state index in [2.05, 4.69) is 11.9 Å². The average molecular weight is 163 g/mol. The fourth-order valence-electron chi connectivity index (χ4n) is 1.57. The molecule has 1 unspecified atom stereocenters. The van der Waals surface area contributed by atoms with Crippen molar-refractivity contribution < 1.29 is 0 Å². The molecule has 1 aliphatic carbocycles. The number of nitrogens with one attached hydrogen (secondary N) is 1. The molecule has 0 radical (unpaired) electrons. The molecule has 1 saturated carbocycles. The summed E-state index contributed by atoms with van der Waals surface area (Å²) in [5.41, 5.74) is 1.25. The van der Waals surface area contributed by atoms with E-state index in [-0.39, 0.29) is 5.56 Å². The van der Waals surface area contributed by atoms with Crippen LogP contribution in [0.2, 0.25) is 0 Å². The highest BCUT2D eigenvalue weighted by atomic mass is 16.1. The molecule has 0 spiro atoms. The van der Waals surface area contributed by atoms with E-state index in [4.69, 9.17) is 0 Å². The van der Waals surface area contributed by atoms with Gasteiger partial charge in [-0.3, -0.25) is 4.79 Å². The number of hydrogen-bond donors (Lipinski definition) is 1. The third kappa shape index (κ3) is 1.42. The first kappa shape index (κ1) is 7.59. The summed E-state index contributed by atoms with van der Waals surface area (Å²) in [6.45, 7) is 2.23. The van der Waals surface area contributed by atoms with Crippen molar-refractivity contribution in [1.82, 2.24) is 4.98 Å². The van der Waals surface area contributed by atoms with Gasteiger partial charge in [0.1, 0.15) is 0 Å². The second-order valence-electron chi connectivity index (χ2n) is 3.61. The lowest BCUT2D eigenvalue weighted by Crippen LogP contribution is -2.05. The first-order valence-corrected chi connectivity index (χ1v) is 4.46. The van der Waals surface area contributed by atoms with Gasteiger partial charge in [-0.05, 0) is 30.2 Å². The van der Waals surface area contributed by atoms with Crippen LogP contribution in [0.3, 0.4) is 0 Å². The van der Waals surface area contributed by atoms with Crippen LogP contribution < -0.4 is 5.56 Å². The van der Waals surface area contributed by atoms with Crippen molar-refractivity contribution in [2.75, 3.05) is 0 Å². The lowest BCUT2D eigenvalue weighted by Gasteiger charge is -2.08. The highest BCUT2D eigenvalue weighted by Gasteiger charge is 2.28. The Hall–Kier alpha value is -1.05. The van der Waals surface area contributed by atoms with Gasteiger partial charge in [-0.1, -0.05) is 13.0 Å². The Bertz CT molecular complexity index is 304. The fourth-order valence-corrected chi connectivity index (χ4v) is 1.57. The molecule has 0 bridgehead atoms. The first-order chi connectivity index (χ1) is 5.77. The number of aromatic amines is 1. The Morgan fingerprint density at radius 3 is 2.75 bits per heavy atom. The zero-order chi connectivity index (χ0) is 8.55. The molecule has 1 aromatic rings. The van der Waals surface area contributed by atoms with Gasteiger partial charge in [0, 0.05) is 12.3 Å². The van der Waals surface area contributed by atoms with E-state index in [9.17, 15) is 4.79 Å². The highest BCUT2D eigenvalue weighted by molar-refractivity contribution is 5.16. The maximum absolute atomic E-state index is 10.8. The maximum Gasteiger partial charge on any atom is 0.247 e. The SMILES string of the molecule is CC(c1ccc(=O)[nH]c1)C1CC1. The summed E-state index contributed by atoms with van der Waals surface area (Å²) in [4.78, 5) is 13.5. The van der Waals surface area contributed by atoms with Crippen molar-refractivity contribution in [3.8, 4) is 0 Å². The molecule has 1 atom stereocenters. The zero-order valence-electron chi connectivity index (χ0n) is 7.21. The van der Waals surface area contributed by atoms with Gasteiger partial charge < -0.3 is 4.98 Å². The third-order valence-corrected chi connectivity index (χ3v) is 2.66. The molecular formula is C10H13NO. The van der Waals surface area contributed by atoms with E-state index in [0.717, 1.165) is 5.92 Å². The lowest BCUT2D eigenvalue weighted by atomic mass is 9.98. The molecular weight excluding hydrogens is 150 g/mol. The molecule has 2 heteroatoms. The van der Waals surface area contributed by atoms with Crippen molar-refractivity contribution >= 4 is 0 Å². The van der Waals surface area contributed by atoms with Crippen LogP contribution in [0, 0.1) is 5.92 Å². The summed E-state index contributed by atoms with van der Waals surface area (Å²) >= 11 is 0. The summed E-state index contributed by atoms with van der Waals surface area (Å²) in [7, 11) is 0. The molecule has 12 heavy (non-hydrogen) atoms. The van der Waals surface area contributed by atoms with Crippen LogP contribution in [-0.2, 0) is 0 Å². The van der Waals surface area contributed by atoms with E-state index >= 15 is 0 Å². The van der Waals surface area contributed by atoms with Crippen molar-refractivity contribution in [3.05, 3.63) is 34.2 Å². The molecule has 64 valence electrons. The monoisotopic (exact) mass is 163 g/mol. The van der Waals surface area contributed by atoms with E-state index in [1.807, 2.05) is 12.3 Å². The van der Waals surface area contributed by atoms with Gasteiger partial charge in [0.2, 0.25) is 5.56 Å². The molecule has 0 aliphatic heterocycles. The summed E-state index contributed by atoms with van der Waals surface area (Å²) < 4.78 is 0. The molecule has 2 rings (SSSR count). The van der Waals surface area contributed by atoms with Crippen LogP contribution >= 0.6 is 0 Å². The largest absolute Gasteiger partial charge is 0.329 e. The number of rotatable bonds is 2. The minimum atomic E-state index is -0.0123. The van der Waals surface area contributed by atoms with Gasteiger partial charge in [0.15, 0.2) is 0 Å². The highest BCUT2D eigenvalue weighted by Crippen LogP contribution is 2.41. The van der Waals surface area contributed by atoms with E-state index in [0.29, 0.717) is 5.92 Å². The third-order valence-electron chi connectivity index (χ3n) is 2.66. The lowest BCUT2D eigenvalue weighted by molar-refractivity contribution is 0.660. The van der Waals surface area contributed by atoms with Crippen molar-refractivity contribution in [2.24, 2.45) is 5.92 Å². The molecule has 0 saturated heterocycles. The minimum Gasteiger partial charge on any atom is -0.329 e. The Morgan fingerprint density at radius 2 is 2.25 bits per heavy atom. The Balaban J connectivity index is 2.21. The standard InChI is InChI=1S/C10H13NO/c1-7(8-2-3-8)9-4-5-10(12)11-6-9/h4-8H,2-3H2,1H3,(H,11,12). The van der Waals surface area contributed by atoms with Crippen LogP contribution in [0.4, 0.5) is 0 Å². The predicted molar refractivity (Wildman–Crippen MR) is 48.2 cm³/mol. The average Bonchev–Trinajstić information content (AvgIpc) is 2.87. The molecule has 1 N–H and O–H groups in total. The molecule has 1 aromatic heterocycles. The Kier molecular flexibility index (Phi) is 1.75. The van der Waals surface area contributed by atoms with Gasteiger partial charge in [-0.15, -0.1) is 0 Å². The second-order valence-corrected chi connectivity index (χ2v) is 3.61. The van der Waals surface area contributed by atoms with Crippen LogP contribution in [-0.4, -0.2) is 4.98 Å². The summed E-state index contributed by atoms with van der Waals surface area (Å²) in [5, 5.41) is 0. The van der Waals surface area contributed by atoms with Gasteiger partial charge in [-0.25, -0.2) is 0 Å². The van der Waals surface area contributed by atoms with Crippen molar-refractivity contribution in [1.29, 1.82) is 0 Å². The minimum absolute atomic E-state index is 0.0123. The Morgan fingerprint density at radius 1 is 1.50 bits per heavy atom. The first-order valence-electron chi connectivity index (χ1n) is 4.46. The molecule has 1 heterocycles. The molecule has 0 amide bonds.